The van der Waals surface area contributed by atoms with Crippen LogP contribution in [0.4, 0.5) is 5.82 Å². The van der Waals surface area contributed by atoms with Crippen molar-refractivity contribution in [1.82, 2.24) is 5.16 Å². The highest BCUT2D eigenvalue weighted by molar-refractivity contribution is 5.96. The molecule has 1 aromatic heterocycles. The lowest BCUT2D eigenvalue weighted by molar-refractivity contribution is -0.119. The van der Waals surface area contributed by atoms with Crippen molar-refractivity contribution in [3.05, 3.63) is 11.8 Å². The zero-order valence-electron chi connectivity index (χ0n) is 9.36. The number of hydrogen-bond donors (Lipinski definition) is 0. The predicted molar refractivity (Wildman–Crippen MR) is 56.7 cm³/mol. The van der Waals surface area contributed by atoms with E-state index in [1.807, 2.05) is 26.8 Å². The molecule has 15 heavy (non-hydrogen) atoms. The Labute approximate surface area is 89.2 Å². The highest BCUT2D eigenvalue weighted by Gasteiger charge is 2.31. The fraction of sp³-hybridized carbons (Fsp3) is 0.636. The maximum absolute atomic E-state index is 11.7. The summed E-state index contributed by atoms with van der Waals surface area (Å²) in [5, 5.41) is 3.93. The molecule has 1 unspecified atom stereocenters. The Bertz CT molecular complexity index is 370. The van der Waals surface area contributed by atoms with Gasteiger partial charge in [0.1, 0.15) is 5.76 Å². The van der Waals surface area contributed by atoms with Crippen molar-refractivity contribution in [2.45, 2.75) is 33.1 Å². The van der Waals surface area contributed by atoms with Gasteiger partial charge in [-0.25, -0.2) is 0 Å². The van der Waals surface area contributed by atoms with Gasteiger partial charge >= 0.3 is 0 Å². The zero-order chi connectivity index (χ0) is 11.0. The van der Waals surface area contributed by atoms with Gasteiger partial charge in [-0.2, -0.15) is 0 Å². The summed E-state index contributed by atoms with van der Waals surface area (Å²) in [6, 6.07) is 1.86. The number of anilines is 1. The van der Waals surface area contributed by atoms with Gasteiger partial charge in [0.05, 0.1) is 0 Å². The van der Waals surface area contributed by atoms with E-state index >= 15 is 0 Å². The van der Waals surface area contributed by atoms with Crippen molar-refractivity contribution in [1.29, 1.82) is 0 Å². The largest absolute Gasteiger partial charge is 0.359 e. The topological polar surface area (TPSA) is 46.3 Å². The molecule has 0 aromatic carbocycles. The van der Waals surface area contributed by atoms with Crippen LogP contribution in [0.25, 0.3) is 0 Å². The number of rotatable bonds is 2. The standard InChI is InChI=1S/C11H16N2O2/c1-7(2)9-6-10(12-15-9)13-5-4-8(3)11(13)14/h6-8H,4-5H2,1-3H3. The van der Waals surface area contributed by atoms with Gasteiger partial charge in [0.2, 0.25) is 5.91 Å². The SMILES string of the molecule is CC1CCN(c2cc(C(C)C)on2)C1=O. The van der Waals surface area contributed by atoms with E-state index in [1.165, 1.54) is 0 Å². The van der Waals surface area contributed by atoms with Crippen LogP contribution in [0.1, 0.15) is 38.9 Å². The molecule has 1 aliphatic rings. The predicted octanol–water partition coefficient (Wildman–Crippen LogP) is 2.17. The second-order valence-corrected chi connectivity index (χ2v) is 4.42. The molecule has 2 heterocycles. The van der Waals surface area contributed by atoms with E-state index in [4.69, 9.17) is 4.52 Å². The molecule has 1 amide bonds. The first-order valence-corrected chi connectivity index (χ1v) is 5.37. The third kappa shape index (κ3) is 1.76. The maximum atomic E-state index is 11.7. The average molecular weight is 208 g/mol. The molecule has 0 aliphatic carbocycles. The van der Waals surface area contributed by atoms with E-state index in [0.29, 0.717) is 11.7 Å². The molecular weight excluding hydrogens is 192 g/mol. The molecule has 0 saturated carbocycles. The van der Waals surface area contributed by atoms with E-state index in [0.717, 1.165) is 18.7 Å². The smallest absolute Gasteiger partial charge is 0.231 e. The van der Waals surface area contributed by atoms with Gasteiger partial charge in [-0.05, 0) is 6.42 Å². The van der Waals surface area contributed by atoms with Crippen LogP contribution in [0.15, 0.2) is 10.6 Å². The number of nitrogens with zero attached hydrogens (tertiary/aromatic N) is 2. The Morgan fingerprint density at radius 1 is 1.60 bits per heavy atom. The summed E-state index contributed by atoms with van der Waals surface area (Å²) in [5.74, 6) is 2.06. The van der Waals surface area contributed by atoms with Gasteiger partial charge in [0, 0.05) is 24.4 Å². The van der Waals surface area contributed by atoms with Gasteiger partial charge in [0.15, 0.2) is 5.82 Å². The van der Waals surface area contributed by atoms with Crippen molar-refractivity contribution in [2.75, 3.05) is 11.4 Å². The molecule has 0 radical (unpaired) electrons. The summed E-state index contributed by atoms with van der Waals surface area (Å²) < 4.78 is 5.18. The van der Waals surface area contributed by atoms with Crippen LogP contribution in [0.5, 0.6) is 0 Å². The van der Waals surface area contributed by atoms with Crippen molar-refractivity contribution in [3.8, 4) is 0 Å². The Balaban J connectivity index is 2.20. The van der Waals surface area contributed by atoms with Crippen LogP contribution in [-0.2, 0) is 4.79 Å². The summed E-state index contributed by atoms with van der Waals surface area (Å²) in [4.78, 5) is 13.4. The van der Waals surface area contributed by atoms with Crippen molar-refractivity contribution in [3.63, 3.8) is 0 Å². The van der Waals surface area contributed by atoms with Crippen LogP contribution in [0.3, 0.4) is 0 Å². The summed E-state index contributed by atoms with van der Waals surface area (Å²) in [7, 11) is 0. The summed E-state index contributed by atoms with van der Waals surface area (Å²) in [6.07, 6.45) is 0.905. The minimum atomic E-state index is 0.115. The lowest BCUT2D eigenvalue weighted by Crippen LogP contribution is -2.26. The first kappa shape index (κ1) is 10.2. The number of hydrogen-bond acceptors (Lipinski definition) is 3. The number of amides is 1. The van der Waals surface area contributed by atoms with Crippen LogP contribution < -0.4 is 4.90 Å². The maximum Gasteiger partial charge on any atom is 0.231 e. The summed E-state index contributed by atoms with van der Waals surface area (Å²) in [5.41, 5.74) is 0. The molecule has 1 atom stereocenters. The normalized spacial score (nSPS) is 21.7. The molecule has 82 valence electrons. The zero-order valence-corrected chi connectivity index (χ0v) is 9.36. The first-order chi connectivity index (χ1) is 7.09. The molecule has 1 saturated heterocycles. The van der Waals surface area contributed by atoms with Crippen LogP contribution in [0, 0.1) is 5.92 Å². The first-order valence-electron chi connectivity index (χ1n) is 5.37. The molecule has 0 bridgehead atoms. The number of carbonyl (C=O) groups is 1. The Morgan fingerprint density at radius 2 is 2.33 bits per heavy atom. The van der Waals surface area contributed by atoms with Crippen molar-refractivity contribution in [2.24, 2.45) is 5.92 Å². The third-order valence-electron chi connectivity index (χ3n) is 2.83. The highest BCUT2D eigenvalue weighted by atomic mass is 16.5. The molecule has 1 aliphatic heterocycles. The van der Waals surface area contributed by atoms with Crippen LogP contribution in [-0.4, -0.2) is 17.6 Å². The molecule has 0 N–H and O–H groups in total. The highest BCUT2D eigenvalue weighted by Crippen LogP contribution is 2.26. The van der Waals surface area contributed by atoms with Gasteiger partial charge in [-0.15, -0.1) is 0 Å². The number of aromatic nitrogens is 1. The minimum Gasteiger partial charge on any atom is -0.359 e. The van der Waals surface area contributed by atoms with Crippen molar-refractivity contribution < 1.29 is 9.32 Å². The molecule has 2 rings (SSSR count). The van der Waals surface area contributed by atoms with Crippen LogP contribution in [0.2, 0.25) is 0 Å². The van der Waals surface area contributed by atoms with E-state index < -0.39 is 0 Å². The second kappa shape index (κ2) is 3.68. The molecule has 1 fully saturated rings. The minimum absolute atomic E-state index is 0.115. The molecule has 1 aromatic rings. The fourth-order valence-corrected chi connectivity index (χ4v) is 1.73. The van der Waals surface area contributed by atoms with E-state index in [2.05, 4.69) is 5.16 Å². The quantitative estimate of drug-likeness (QED) is 0.748. The molecule has 0 spiro atoms. The Morgan fingerprint density at radius 3 is 2.80 bits per heavy atom. The average Bonchev–Trinajstić information content (AvgIpc) is 2.76. The molecule has 4 heteroatoms. The second-order valence-electron chi connectivity index (χ2n) is 4.42. The lowest BCUT2D eigenvalue weighted by atomic mass is 10.1. The lowest BCUT2D eigenvalue weighted by Gasteiger charge is -2.10. The van der Waals surface area contributed by atoms with Gasteiger partial charge in [0.25, 0.3) is 0 Å². The Hall–Kier alpha value is -1.32. The molecule has 4 nitrogen and oxygen atoms in total. The van der Waals surface area contributed by atoms with Crippen molar-refractivity contribution >= 4 is 11.7 Å². The Kier molecular flexibility index (Phi) is 2.50. The van der Waals surface area contributed by atoms with Gasteiger partial charge in [-0.1, -0.05) is 25.9 Å². The third-order valence-corrected chi connectivity index (χ3v) is 2.83. The van der Waals surface area contributed by atoms with E-state index in [-0.39, 0.29) is 11.8 Å². The fourth-order valence-electron chi connectivity index (χ4n) is 1.73. The summed E-state index contributed by atoms with van der Waals surface area (Å²) in [6.45, 7) is 6.79. The van der Waals surface area contributed by atoms with Gasteiger partial charge in [-0.3, -0.25) is 9.69 Å². The van der Waals surface area contributed by atoms with E-state index in [1.54, 1.807) is 4.90 Å². The van der Waals surface area contributed by atoms with E-state index in [9.17, 15) is 4.79 Å². The summed E-state index contributed by atoms with van der Waals surface area (Å²) >= 11 is 0. The van der Waals surface area contributed by atoms with Gasteiger partial charge < -0.3 is 4.52 Å². The number of carbonyl (C=O) groups excluding carboxylic acids is 1. The van der Waals surface area contributed by atoms with Crippen LogP contribution >= 0.6 is 0 Å². The molecular formula is C11H16N2O2. The monoisotopic (exact) mass is 208 g/mol.